The van der Waals surface area contributed by atoms with E-state index >= 15 is 0 Å². The normalized spacial score (nSPS) is 10.3. The number of aryl methyl sites for hydroxylation is 1. The van der Waals surface area contributed by atoms with Crippen LogP contribution < -0.4 is 26.6 Å². The summed E-state index contributed by atoms with van der Waals surface area (Å²) in [5, 5.41) is 3.15. The minimum absolute atomic E-state index is 0.266. The zero-order valence-corrected chi connectivity index (χ0v) is 17.4. The molecule has 8 heteroatoms. The molecule has 1 amide bonds. The van der Waals surface area contributed by atoms with Crippen molar-refractivity contribution >= 4 is 28.9 Å². The third kappa shape index (κ3) is 4.93. The molecule has 0 atom stereocenters. The lowest BCUT2D eigenvalue weighted by Crippen LogP contribution is -2.30. The summed E-state index contributed by atoms with van der Waals surface area (Å²) in [7, 11) is 0. The first-order valence-electron chi connectivity index (χ1n) is 9.92. The maximum Gasteiger partial charge on any atom is 0.269 e. The van der Waals surface area contributed by atoms with Crippen LogP contribution in [0.5, 0.6) is 11.5 Å². The van der Waals surface area contributed by atoms with E-state index in [1.165, 1.54) is 6.33 Å². The van der Waals surface area contributed by atoms with E-state index in [1.54, 1.807) is 12.1 Å². The minimum atomic E-state index is -0.287. The van der Waals surface area contributed by atoms with Gasteiger partial charge in [-0.05, 0) is 55.0 Å². The average molecular weight is 426 g/mol. The predicted octanol–water partition coefficient (Wildman–Crippen LogP) is 4.66. The van der Waals surface area contributed by atoms with Crippen LogP contribution in [-0.2, 0) is 0 Å². The summed E-state index contributed by atoms with van der Waals surface area (Å²) in [6, 6.07) is 24.2. The Morgan fingerprint density at radius 1 is 0.844 bits per heavy atom. The molecule has 160 valence electrons. The van der Waals surface area contributed by atoms with E-state index < -0.39 is 0 Å². The number of hydrazine groups is 1. The molecule has 0 aliphatic carbocycles. The van der Waals surface area contributed by atoms with Crippen LogP contribution in [0.1, 0.15) is 15.9 Å². The van der Waals surface area contributed by atoms with E-state index in [9.17, 15) is 4.79 Å². The maximum atomic E-state index is 12.4. The molecule has 0 unspecified atom stereocenters. The second-order valence-corrected chi connectivity index (χ2v) is 6.94. The molecule has 1 heterocycles. The fourth-order valence-corrected chi connectivity index (χ4v) is 2.97. The summed E-state index contributed by atoms with van der Waals surface area (Å²) in [6.45, 7) is 1.87. The molecule has 4 aromatic rings. The first-order chi connectivity index (χ1) is 15.6. The molecule has 0 fully saturated rings. The van der Waals surface area contributed by atoms with Gasteiger partial charge in [-0.1, -0.05) is 36.4 Å². The number of aromatic nitrogens is 2. The first-order valence-corrected chi connectivity index (χ1v) is 9.92. The molecule has 0 bridgehead atoms. The lowest BCUT2D eigenvalue weighted by molar-refractivity contribution is 0.0962. The third-order valence-electron chi connectivity index (χ3n) is 4.66. The van der Waals surface area contributed by atoms with Crippen molar-refractivity contribution in [3.8, 4) is 11.5 Å². The van der Waals surface area contributed by atoms with Crippen LogP contribution in [0, 0.1) is 6.92 Å². The van der Waals surface area contributed by atoms with Crippen LogP contribution in [0.15, 0.2) is 85.2 Å². The molecule has 0 saturated heterocycles. The number of anilines is 4. The number of para-hydroxylation sites is 1. The molecule has 0 radical (unpaired) electrons. The number of nitrogens with one attached hydrogen (secondary N) is 3. The van der Waals surface area contributed by atoms with Crippen molar-refractivity contribution in [2.45, 2.75) is 6.92 Å². The van der Waals surface area contributed by atoms with Gasteiger partial charge >= 0.3 is 0 Å². The molecule has 1 aromatic heterocycles. The smallest absolute Gasteiger partial charge is 0.269 e. The van der Waals surface area contributed by atoms with Gasteiger partial charge in [0.15, 0.2) is 11.6 Å². The Labute approximate surface area is 185 Å². The lowest BCUT2D eigenvalue weighted by atomic mass is 10.1. The highest BCUT2D eigenvalue weighted by atomic mass is 16.5. The Balaban J connectivity index is 1.41. The number of ether oxygens (including phenoxy) is 1. The fraction of sp³-hybridized carbons (Fsp3) is 0.0417. The number of amides is 1. The zero-order chi connectivity index (χ0) is 22.3. The largest absolute Gasteiger partial charge is 0.457 e. The number of nitrogens with zero attached hydrogens (tertiary/aromatic N) is 2. The number of carbonyl (C=O) groups excluding carboxylic acids is 1. The quantitative estimate of drug-likeness (QED) is 0.318. The molecule has 0 saturated carbocycles. The molecule has 8 nitrogen and oxygen atoms in total. The molecule has 32 heavy (non-hydrogen) atoms. The van der Waals surface area contributed by atoms with Gasteiger partial charge in [-0.2, -0.15) is 0 Å². The monoisotopic (exact) mass is 426 g/mol. The van der Waals surface area contributed by atoms with E-state index in [-0.39, 0.29) is 17.4 Å². The number of hydrogen-bond donors (Lipinski definition) is 4. The Hall–Kier alpha value is -4.59. The molecule has 4 rings (SSSR count). The topological polar surface area (TPSA) is 114 Å². The SMILES string of the molecule is Cc1ccccc1C(=O)NNc1ncnc(Nc2ccc(Oc3ccccc3)cc2)c1N. The van der Waals surface area contributed by atoms with Gasteiger partial charge in [0.05, 0.1) is 0 Å². The van der Waals surface area contributed by atoms with Crippen LogP contribution in [0.2, 0.25) is 0 Å². The second-order valence-electron chi connectivity index (χ2n) is 6.94. The van der Waals surface area contributed by atoms with Crippen LogP contribution >= 0.6 is 0 Å². The van der Waals surface area contributed by atoms with E-state index in [2.05, 4.69) is 26.1 Å². The van der Waals surface area contributed by atoms with E-state index in [1.807, 2.05) is 73.7 Å². The maximum absolute atomic E-state index is 12.4. The highest BCUT2D eigenvalue weighted by molar-refractivity contribution is 5.96. The van der Waals surface area contributed by atoms with Gasteiger partial charge in [0.25, 0.3) is 5.91 Å². The summed E-state index contributed by atoms with van der Waals surface area (Å²) >= 11 is 0. The molecule has 0 aliphatic rings. The van der Waals surface area contributed by atoms with Crippen molar-refractivity contribution in [1.82, 2.24) is 15.4 Å². The van der Waals surface area contributed by atoms with Crippen molar-refractivity contribution < 1.29 is 9.53 Å². The molecule has 0 aliphatic heterocycles. The minimum Gasteiger partial charge on any atom is -0.457 e. The average Bonchev–Trinajstić information content (AvgIpc) is 2.82. The number of nitrogens with two attached hydrogens (primary N) is 1. The number of rotatable bonds is 7. The predicted molar refractivity (Wildman–Crippen MR) is 125 cm³/mol. The van der Waals surface area contributed by atoms with Crippen molar-refractivity contribution in [1.29, 1.82) is 0 Å². The summed E-state index contributed by atoms with van der Waals surface area (Å²) < 4.78 is 5.80. The van der Waals surface area contributed by atoms with E-state index in [0.717, 1.165) is 17.0 Å². The standard InChI is InChI=1S/C24H22N6O2/c1-16-7-5-6-10-20(16)24(31)30-29-23-21(25)22(26-15-27-23)28-17-11-13-19(14-12-17)32-18-8-3-2-4-9-18/h2-15H,25H2,1H3,(H,30,31)(H2,26,27,28,29). The molecule has 5 N–H and O–H groups in total. The Morgan fingerprint density at radius 3 is 2.25 bits per heavy atom. The highest BCUT2D eigenvalue weighted by Crippen LogP contribution is 2.27. The number of carbonyl (C=O) groups is 1. The fourth-order valence-electron chi connectivity index (χ4n) is 2.97. The van der Waals surface area contributed by atoms with Crippen molar-refractivity contribution in [2.24, 2.45) is 0 Å². The van der Waals surface area contributed by atoms with Gasteiger partial charge in [-0.15, -0.1) is 0 Å². The van der Waals surface area contributed by atoms with Crippen molar-refractivity contribution in [2.75, 3.05) is 16.5 Å². The molecule has 3 aromatic carbocycles. The van der Waals surface area contributed by atoms with Crippen molar-refractivity contribution in [3.05, 3.63) is 96.3 Å². The van der Waals surface area contributed by atoms with Gasteiger partial charge < -0.3 is 15.8 Å². The van der Waals surface area contributed by atoms with Crippen LogP contribution in [0.3, 0.4) is 0 Å². The number of benzene rings is 3. The van der Waals surface area contributed by atoms with Gasteiger partial charge in [0.2, 0.25) is 0 Å². The second kappa shape index (κ2) is 9.48. The van der Waals surface area contributed by atoms with Gasteiger partial charge in [0.1, 0.15) is 23.5 Å². The van der Waals surface area contributed by atoms with E-state index in [0.29, 0.717) is 17.1 Å². The van der Waals surface area contributed by atoms with Gasteiger partial charge in [-0.3, -0.25) is 15.6 Å². The summed E-state index contributed by atoms with van der Waals surface area (Å²) in [5.41, 5.74) is 14.0. The van der Waals surface area contributed by atoms with Gasteiger partial charge in [-0.25, -0.2) is 9.97 Å². The Kier molecular flexibility index (Phi) is 6.12. The van der Waals surface area contributed by atoms with Crippen LogP contribution in [0.4, 0.5) is 23.0 Å². The Morgan fingerprint density at radius 2 is 1.50 bits per heavy atom. The summed E-state index contributed by atoms with van der Waals surface area (Å²) in [6.07, 6.45) is 1.35. The van der Waals surface area contributed by atoms with Crippen molar-refractivity contribution in [3.63, 3.8) is 0 Å². The van der Waals surface area contributed by atoms with E-state index in [4.69, 9.17) is 10.5 Å². The summed E-state index contributed by atoms with van der Waals surface area (Å²) in [5.74, 6) is 1.87. The third-order valence-corrected chi connectivity index (χ3v) is 4.66. The first kappa shape index (κ1) is 20.7. The Bertz CT molecular complexity index is 1210. The highest BCUT2D eigenvalue weighted by Gasteiger charge is 2.12. The number of nitrogen functional groups attached to an aromatic ring is 1. The molecular weight excluding hydrogens is 404 g/mol. The van der Waals surface area contributed by atoms with Gasteiger partial charge in [0, 0.05) is 11.3 Å². The van der Waals surface area contributed by atoms with Crippen LogP contribution in [-0.4, -0.2) is 15.9 Å². The molecule has 0 spiro atoms. The lowest BCUT2D eigenvalue weighted by Gasteiger charge is -2.14. The van der Waals surface area contributed by atoms with Crippen LogP contribution in [0.25, 0.3) is 0 Å². The molecular formula is C24H22N6O2. The zero-order valence-electron chi connectivity index (χ0n) is 17.4. The summed E-state index contributed by atoms with van der Waals surface area (Å²) in [4.78, 5) is 20.7. The number of hydrogen-bond acceptors (Lipinski definition) is 7.